The van der Waals surface area contributed by atoms with Crippen molar-refractivity contribution in [1.82, 2.24) is 0 Å². The molecule has 0 aliphatic carbocycles. The molecule has 132 valence electrons. The summed E-state index contributed by atoms with van der Waals surface area (Å²) < 4.78 is 18.9. The third kappa shape index (κ3) is 9.72. The molecule has 0 heterocycles. The van der Waals surface area contributed by atoms with Gasteiger partial charge < -0.3 is 12.3 Å². The van der Waals surface area contributed by atoms with Crippen LogP contribution >= 0.6 is 12.6 Å². The SMILES string of the molecule is C[SiH](C)O[SiH2][Si](C)(CCCS)O[SiH2][SiH2]O[SiH](C)c1ccccc1. The van der Waals surface area contributed by atoms with Gasteiger partial charge in [0.25, 0.3) is 0 Å². The molecule has 1 rings (SSSR count). The highest BCUT2D eigenvalue weighted by Crippen LogP contribution is 2.13. The first-order chi connectivity index (χ1) is 11.0. The Morgan fingerprint density at radius 2 is 1.78 bits per heavy atom. The Kier molecular flexibility index (Phi) is 11.5. The molecule has 1 aromatic carbocycles. The number of thiol groups is 1. The van der Waals surface area contributed by atoms with Crippen LogP contribution < -0.4 is 5.19 Å². The van der Waals surface area contributed by atoms with Gasteiger partial charge in [-0.15, -0.1) is 0 Å². The van der Waals surface area contributed by atoms with Gasteiger partial charge in [-0.3, -0.25) is 0 Å². The van der Waals surface area contributed by atoms with E-state index in [0.717, 1.165) is 5.75 Å². The number of hydrogen-bond acceptors (Lipinski definition) is 4. The lowest BCUT2D eigenvalue weighted by Gasteiger charge is -2.28. The van der Waals surface area contributed by atoms with E-state index in [4.69, 9.17) is 12.3 Å². The molecule has 3 nitrogen and oxygen atoms in total. The maximum absolute atomic E-state index is 6.53. The molecule has 2 atom stereocenters. The van der Waals surface area contributed by atoms with Crippen molar-refractivity contribution in [3.8, 4) is 0 Å². The second-order valence-corrected chi connectivity index (χ2v) is 27.0. The zero-order valence-corrected chi connectivity index (χ0v) is 23.4. The summed E-state index contributed by atoms with van der Waals surface area (Å²) >= 11 is 4.37. The van der Waals surface area contributed by atoms with Crippen LogP contribution in [0.2, 0.25) is 32.2 Å². The molecule has 0 saturated heterocycles. The van der Waals surface area contributed by atoms with Crippen LogP contribution in [0.1, 0.15) is 6.42 Å². The number of hydrogen-bond donors (Lipinski definition) is 1. The van der Waals surface area contributed by atoms with Gasteiger partial charge in [-0.2, -0.15) is 12.6 Å². The Morgan fingerprint density at radius 3 is 2.39 bits per heavy atom. The minimum Gasteiger partial charge on any atom is -0.463 e. The highest BCUT2D eigenvalue weighted by atomic mass is 32.1. The fourth-order valence-electron chi connectivity index (χ4n) is 2.32. The average molecular weight is 437 g/mol. The summed E-state index contributed by atoms with van der Waals surface area (Å²) in [4.78, 5) is 0. The van der Waals surface area contributed by atoms with E-state index in [1.165, 1.54) is 17.7 Å². The summed E-state index contributed by atoms with van der Waals surface area (Å²) in [6.07, 6.45) is 1.17. The van der Waals surface area contributed by atoms with Crippen LogP contribution in [0.3, 0.4) is 0 Å². The van der Waals surface area contributed by atoms with Gasteiger partial charge in [0.1, 0.15) is 0 Å². The molecule has 0 amide bonds. The summed E-state index contributed by atoms with van der Waals surface area (Å²) in [6.45, 7) is 9.22. The fraction of sp³-hybridized carbons (Fsp3) is 0.538. The van der Waals surface area contributed by atoms with Gasteiger partial charge in [0.15, 0.2) is 53.8 Å². The first kappa shape index (κ1) is 21.8. The Morgan fingerprint density at radius 1 is 1.09 bits per heavy atom. The summed E-state index contributed by atoms with van der Waals surface area (Å²) in [5.74, 6) is 0.965. The van der Waals surface area contributed by atoms with E-state index < -0.39 is 53.8 Å². The van der Waals surface area contributed by atoms with E-state index in [1.54, 1.807) is 0 Å². The molecule has 0 fully saturated rings. The quantitative estimate of drug-likeness (QED) is 0.280. The standard InChI is InChI=1S/C13H32O3SSi6/c1-21(2)15-20-23(4,12-8-11-17)16-19-18-14-22(3)13-9-6-5-7-10-13/h5-7,9-10,17,21-22H,8,11-12,18-20H2,1-4H3. The van der Waals surface area contributed by atoms with E-state index >= 15 is 0 Å². The molecule has 0 bridgehead atoms. The van der Waals surface area contributed by atoms with Gasteiger partial charge in [-0.05, 0) is 49.6 Å². The molecule has 0 saturated carbocycles. The highest BCUT2D eigenvalue weighted by molar-refractivity contribution is 7.80. The van der Waals surface area contributed by atoms with Crippen molar-refractivity contribution < 1.29 is 12.3 Å². The lowest BCUT2D eigenvalue weighted by molar-refractivity contribution is 0.571. The van der Waals surface area contributed by atoms with Crippen molar-refractivity contribution >= 4 is 71.6 Å². The third-order valence-corrected chi connectivity index (χ3v) is 28.2. The van der Waals surface area contributed by atoms with Crippen molar-refractivity contribution in [2.45, 2.75) is 38.7 Å². The maximum Gasteiger partial charge on any atom is 0.191 e. The molecule has 0 aliphatic rings. The minimum atomic E-state index is -1.55. The molecular formula is C13H32O3SSi6. The zero-order valence-electron chi connectivity index (χ0n) is 15.0. The molecule has 0 radical (unpaired) electrons. The predicted octanol–water partition coefficient (Wildman–Crippen LogP) is -0.161. The molecule has 0 spiro atoms. The zero-order chi connectivity index (χ0) is 17.1. The lowest BCUT2D eigenvalue weighted by atomic mass is 10.4. The number of rotatable bonds is 12. The van der Waals surface area contributed by atoms with Gasteiger partial charge in [-0.1, -0.05) is 30.3 Å². The van der Waals surface area contributed by atoms with E-state index in [2.05, 4.69) is 69.1 Å². The average Bonchev–Trinajstić information content (AvgIpc) is 2.56. The van der Waals surface area contributed by atoms with Crippen LogP contribution in [0.5, 0.6) is 0 Å². The van der Waals surface area contributed by atoms with Crippen molar-refractivity contribution in [3.05, 3.63) is 30.3 Å². The highest BCUT2D eigenvalue weighted by Gasteiger charge is 2.29. The molecule has 1 aromatic rings. The second-order valence-electron chi connectivity index (χ2n) is 6.41. The first-order valence-corrected chi connectivity index (χ1v) is 24.8. The van der Waals surface area contributed by atoms with Gasteiger partial charge in [-0.25, -0.2) is 0 Å². The summed E-state index contributed by atoms with van der Waals surface area (Å²) in [5, 5.41) is 1.41. The van der Waals surface area contributed by atoms with E-state index in [-0.39, 0.29) is 0 Å². The molecule has 23 heavy (non-hydrogen) atoms. The third-order valence-electron chi connectivity index (χ3n) is 3.76. The van der Waals surface area contributed by atoms with Crippen LogP contribution in [0.4, 0.5) is 0 Å². The maximum atomic E-state index is 6.53. The number of benzene rings is 1. The van der Waals surface area contributed by atoms with E-state index in [1.807, 2.05) is 0 Å². The normalized spacial score (nSPS) is 17.1. The van der Waals surface area contributed by atoms with Crippen LogP contribution in [0, 0.1) is 0 Å². The van der Waals surface area contributed by atoms with Crippen LogP contribution in [0.15, 0.2) is 30.3 Å². The van der Waals surface area contributed by atoms with E-state index in [9.17, 15) is 0 Å². The summed E-state index contributed by atoms with van der Waals surface area (Å²) in [5.41, 5.74) is 0. The first-order valence-electron chi connectivity index (χ1n) is 8.50. The molecule has 2 unspecified atom stereocenters. The topological polar surface area (TPSA) is 27.7 Å². The lowest BCUT2D eigenvalue weighted by Crippen LogP contribution is -2.47. The van der Waals surface area contributed by atoms with Crippen LogP contribution in [-0.4, -0.2) is 59.5 Å². The summed E-state index contributed by atoms with van der Waals surface area (Å²) in [7, 11) is -5.03. The Hall–Kier alpha value is 0.751. The second kappa shape index (κ2) is 12.2. The molecule has 0 aromatic heterocycles. The fourth-order valence-corrected chi connectivity index (χ4v) is 34.4. The molecule has 0 aliphatic heterocycles. The van der Waals surface area contributed by atoms with Crippen LogP contribution in [-0.2, 0) is 12.3 Å². The van der Waals surface area contributed by atoms with Gasteiger partial charge in [0.05, 0.1) is 0 Å². The van der Waals surface area contributed by atoms with Crippen molar-refractivity contribution in [2.24, 2.45) is 0 Å². The van der Waals surface area contributed by atoms with Crippen molar-refractivity contribution in [2.75, 3.05) is 5.75 Å². The van der Waals surface area contributed by atoms with Gasteiger partial charge in [0.2, 0.25) is 0 Å². The van der Waals surface area contributed by atoms with Gasteiger partial charge in [0, 0.05) is 0 Å². The predicted molar refractivity (Wildman–Crippen MR) is 122 cm³/mol. The Labute approximate surface area is 158 Å². The molecule has 10 heteroatoms. The largest absolute Gasteiger partial charge is 0.463 e. The Balaban J connectivity index is 2.36. The van der Waals surface area contributed by atoms with Gasteiger partial charge >= 0.3 is 0 Å². The Bertz CT molecular complexity index is 427. The molecule has 0 N–H and O–H groups in total. The van der Waals surface area contributed by atoms with Crippen molar-refractivity contribution in [1.29, 1.82) is 0 Å². The van der Waals surface area contributed by atoms with Crippen LogP contribution in [0.25, 0.3) is 0 Å². The minimum absolute atomic E-state index is 0.447. The van der Waals surface area contributed by atoms with E-state index in [0.29, 0.717) is 0 Å². The smallest absolute Gasteiger partial charge is 0.191 e. The molecular weight excluding hydrogens is 405 g/mol. The monoisotopic (exact) mass is 436 g/mol. The van der Waals surface area contributed by atoms with Crippen molar-refractivity contribution in [3.63, 3.8) is 0 Å². The summed E-state index contributed by atoms with van der Waals surface area (Å²) in [6, 6.07) is 11.9.